The number of nitrogens with one attached hydrogen (secondary N) is 1. The summed E-state index contributed by atoms with van der Waals surface area (Å²) in [5.41, 5.74) is 2.43. The molecule has 0 aliphatic heterocycles. The molecule has 96 valence electrons. The van der Waals surface area contributed by atoms with Crippen LogP contribution in [0.25, 0.3) is 5.95 Å². The van der Waals surface area contributed by atoms with E-state index in [4.69, 9.17) is 5.84 Å². The number of hydrogen-bond acceptors (Lipinski definition) is 7. The number of nitrogen functional groups attached to an aromatic ring is 1. The minimum absolute atomic E-state index is 0.267. The maximum Gasteiger partial charge on any atom is 0.257 e. The number of rotatable bonds is 4. The van der Waals surface area contributed by atoms with Gasteiger partial charge in [-0.25, -0.2) is 10.5 Å². The summed E-state index contributed by atoms with van der Waals surface area (Å²) >= 11 is 0. The van der Waals surface area contributed by atoms with Crippen molar-refractivity contribution in [3.05, 3.63) is 18.5 Å². The highest BCUT2D eigenvalue weighted by atomic mass is 15.4. The van der Waals surface area contributed by atoms with Crippen LogP contribution >= 0.6 is 0 Å². The van der Waals surface area contributed by atoms with Gasteiger partial charge in [0.05, 0.1) is 0 Å². The molecule has 0 atom stereocenters. The Hall–Kier alpha value is -2.22. The number of hydrogen-bond donors (Lipinski definition) is 2. The van der Waals surface area contributed by atoms with Gasteiger partial charge in [0.25, 0.3) is 5.95 Å². The van der Waals surface area contributed by atoms with Crippen LogP contribution in [0.2, 0.25) is 0 Å². The second-order valence-electron chi connectivity index (χ2n) is 4.06. The summed E-state index contributed by atoms with van der Waals surface area (Å²) in [5.74, 6) is 6.63. The zero-order valence-electron chi connectivity index (χ0n) is 10.6. The fourth-order valence-electron chi connectivity index (χ4n) is 1.30. The van der Waals surface area contributed by atoms with Gasteiger partial charge in [-0.2, -0.15) is 20.1 Å². The first-order valence-corrected chi connectivity index (χ1v) is 5.57. The van der Waals surface area contributed by atoms with Crippen LogP contribution in [0.15, 0.2) is 18.5 Å². The molecule has 0 spiro atoms. The van der Waals surface area contributed by atoms with E-state index in [0.717, 1.165) is 0 Å². The fraction of sp³-hybridized carbons (Fsp3) is 0.400. The average Bonchev–Trinajstić information content (AvgIpc) is 2.91. The van der Waals surface area contributed by atoms with Gasteiger partial charge < -0.3 is 4.90 Å². The topological polar surface area (TPSA) is 97.8 Å². The van der Waals surface area contributed by atoms with Gasteiger partial charge in [0.2, 0.25) is 11.9 Å². The van der Waals surface area contributed by atoms with E-state index in [1.807, 2.05) is 25.8 Å². The summed E-state index contributed by atoms with van der Waals surface area (Å²) in [6.07, 6.45) is 3.42. The van der Waals surface area contributed by atoms with E-state index in [0.29, 0.717) is 17.8 Å². The predicted molar refractivity (Wildman–Crippen MR) is 68.3 cm³/mol. The maximum absolute atomic E-state index is 5.37. The number of nitrogens with two attached hydrogens (primary N) is 1. The van der Waals surface area contributed by atoms with Crippen LogP contribution in [0.3, 0.4) is 0 Å². The van der Waals surface area contributed by atoms with Crippen molar-refractivity contribution in [2.45, 2.75) is 19.9 Å². The molecule has 2 rings (SSSR count). The first kappa shape index (κ1) is 12.2. The van der Waals surface area contributed by atoms with Crippen molar-refractivity contribution in [3.63, 3.8) is 0 Å². The Balaban J connectivity index is 2.45. The van der Waals surface area contributed by atoms with E-state index >= 15 is 0 Å². The van der Waals surface area contributed by atoms with Crippen LogP contribution in [0.4, 0.5) is 11.9 Å². The lowest BCUT2D eigenvalue weighted by Gasteiger charge is -2.21. The van der Waals surface area contributed by atoms with Crippen LogP contribution < -0.4 is 16.2 Å². The lowest BCUT2D eigenvalue weighted by molar-refractivity contribution is 0.712. The summed E-state index contributed by atoms with van der Waals surface area (Å²) in [4.78, 5) is 14.6. The lowest BCUT2D eigenvalue weighted by Crippen LogP contribution is -2.29. The summed E-state index contributed by atoms with van der Waals surface area (Å²) in [6, 6.07) is 2.06. The van der Waals surface area contributed by atoms with E-state index in [-0.39, 0.29) is 6.04 Å². The van der Waals surface area contributed by atoms with E-state index in [1.54, 1.807) is 23.1 Å². The van der Waals surface area contributed by atoms with E-state index in [1.165, 1.54) is 0 Å². The zero-order valence-corrected chi connectivity index (χ0v) is 10.6. The van der Waals surface area contributed by atoms with Gasteiger partial charge in [0, 0.05) is 25.5 Å². The van der Waals surface area contributed by atoms with Crippen LogP contribution in [0.1, 0.15) is 13.8 Å². The fourth-order valence-corrected chi connectivity index (χ4v) is 1.30. The Morgan fingerprint density at radius 1 is 1.33 bits per heavy atom. The largest absolute Gasteiger partial charge is 0.341 e. The lowest BCUT2D eigenvalue weighted by atomic mass is 10.4. The van der Waals surface area contributed by atoms with Gasteiger partial charge in [-0.15, -0.1) is 0 Å². The standard InChI is InChI=1S/C10H16N8/c1-7(2)17(3)9-13-8(16-11)14-10(15-9)18-6-4-5-12-18/h4-7H,11H2,1-3H3,(H,13,14,15,16). The summed E-state index contributed by atoms with van der Waals surface area (Å²) in [5, 5.41) is 4.08. The third kappa shape index (κ3) is 2.38. The van der Waals surface area contributed by atoms with Crippen molar-refractivity contribution >= 4 is 11.9 Å². The molecule has 0 aliphatic rings. The molecular formula is C10H16N8. The highest BCUT2D eigenvalue weighted by Gasteiger charge is 2.13. The maximum atomic E-state index is 5.37. The van der Waals surface area contributed by atoms with E-state index < -0.39 is 0 Å². The van der Waals surface area contributed by atoms with Crippen molar-refractivity contribution in [1.82, 2.24) is 24.7 Å². The average molecular weight is 248 g/mol. The molecule has 0 saturated heterocycles. The van der Waals surface area contributed by atoms with Crippen LogP contribution in [0.5, 0.6) is 0 Å². The van der Waals surface area contributed by atoms with E-state index in [2.05, 4.69) is 25.5 Å². The SMILES string of the molecule is CC(C)N(C)c1nc(NN)nc(-n2cccn2)n1. The van der Waals surface area contributed by atoms with Gasteiger partial charge in [0.15, 0.2) is 0 Å². The van der Waals surface area contributed by atoms with Crippen LogP contribution in [-0.4, -0.2) is 37.8 Å². The molecule has 0 saturated carbocycles. The molecule has 8 heteroatoms. The molecule has 0 aromatic carbocycles. The number of anilines is 2. The van der Waals surface area contributed by atoms with E-state index in [9.17, 15) is 0 Å². The Labute approximate surface area is 105 Å². The van der Waals surface area contributed by atoms with Crippen molar-refractivity contribution in [2.24, 2.45) is 5.84 Å². The monoisotopic (exact) mass is 248 g/mol. The number of aromatic nitrogens is 5. The summed E-state index contributed by atoms with van der Waals surface area (Å²) < 4.78 is 1.56. The van der Waals surface area contributed by atoms with Gasteiger partial charge in [-0.3, -0.25) is 5.43 Å². The predicted octanol–water partition coefficient (Wildman–Crippen LogP) is 0.187. The molecule has 0 fully saturated rings. The molecule has 0 unspecified atom stereocenters. The molecule has 3 N–H and O–H groups in total. The normalized spacial score (nSPS) is 10.7. The highest BCUT2D eigenvalue weighted by molar-refractivity contribution is 5.39. The molecule has 0 bridgehead atoms. The first-order valence-electron chi connectivity index (χ1n) is 5.57. The van der Waals surface area contributed by atoms with Gasteiger partial charge in [-0.1, -0.05) is 0 Å². The molecule has 8 nitrogen and oxygen atoms in total. The Morgan fingerprint density at radius 2 is 2.11 bits per heavy atom. The van der Waals surface area contributed by atoms with Crippen molar-refractivity contribution in [2.75, 3.05) is 17.4 Å². The Kier molecular flexibility index (Phi) is 3.38. The minimum atomic E-state index is 0.267. The molecule has 0 amide bonds. The third-order valence-electron chi connectivity index (χ3n) is 2.54. The van der Waals surface area contributed by atoms with Crippen LogP contribution in [-0.2, 0) is 0 Å². The first-order chi connectivity index (χ1) is 8.61. The Morgan fingerprint density at radius 3 is 2.67 bits per heavy atom. The van der Waals surface area contributed by atoms with Gasteiger partial charge in [-0.05, 0) is 19.9 Å². The van der Waals surface area contributed by atoms with Crippen molar-refractivity contribution in [1.29, 1.82) is 0 Å². The minimum Gasteiger partial charge on any atom is -0.341 e. The van der Waals surface area contributed by atoms with Crippen molar-refractivity contribution < 1.29 is 0 Å². The molecule has 0 aliphatic carbocycles. The highest BCUT2D eigenvalue weighted by Crippen LogP contribution is 2.13. The molecule has 18 heavy (non-hydrogen) atoms. The molecule has 2 heterocycles. The third-order valence-corrected chi connectivity index (χ3v) is 2.54. The number of nitrogens with zero attached hydrogens (tertiary/aromatic N) is 6. The quantitative estimate of drug-likeness (QED) is 0.588. The van der Waals surface area contributed by atoms with Crippen LogP contribution in [0, 0.1) is 0 Å². The molecule has 2 aromatic rings. The number of hydrazine groups is 1. The molecular weight excluding hydrogens is 232 g/mol. The summed E-state index contributed by atoms with van der Waals surface area (Å²) in [7, 11) is 1.91. The van der Waals surface area contributed by atoms with Crippen molar-refractivity contribution in [3.8, 4) is 5.95 Å². The summed E-state index contributed by atoms with van der Waals surface area (Å²) in [6.45, 7) is 4.10. The Bertz CT molecular complexity index is 507. The molecule has 0 radical (unpaired) electrons. The second kappa shape index (κ2) is 4.96. The molecule has 2 aromatic heterocycles. The smallest absolute Gasteiger partial charge is 0.257 e. The zero-order chi connectivity index (χ0) is 13.1. The van der Waals surface area contributed by atoms with Gasteiger partial charge >= 0.3 is 0 Å². The second-order valence-corrected chi connectivity index (χ2v) is 4.06. The van der Waals surface area contributed by atoms with Gasteiger partial charge in [0.1, 0.15) is 0 Å².